The Morgan fingerprint density at radius 1 is 0.650 bits per heavy atom. The Hall–Kier alpha value is 0.300. The fourth-order valence-electron chi connectivity index (χ4n) is 2.07. The highest BCUT2D eigenvalue weighted by atomic mass is 31.2. The zero-order valence-corrected chi connectivity index (χ0v) is 13.8. The van der Waals surface area contributed by atoms with Crippen LogP contribution in [0.5, 0.6) is 0 Å². The van der Waals surface area contributed by atoms with Crippen LogP contribution in [0.15, 0.2) is 0 Å². The van der Waals surface area contributed by atoms with Crippen molar-refractivity contribution in [1.82, 2.24) is 0 Å². The molecule has 20 heavy (non-hydrogen) atoms. The predicted molar refractivity (Wildman–Crippen MR) is 80.2 cm³/mol. The van der Waals surface area contributed by atoms with Crippen molar-refractivity contribution in [3.8, 4) is 0 Å². The summed E-state index contributed by atoms with van der Waals surface area (Å²) in [5.41, 5.74) is 0. The first-order chi connectivity index (χ1) is 9.27. The average Bonchev–Trinajstić information content (AvgIpc) is 2.28. The minimum atomic E-state index is -4.40. The Kier molecular flexibility index (Phi) is 11.1. The molecule has 6 nitrogen and oxygen atoms in total. The highest BCUT2D eigenvalue weighted by molar-refractivity contribution is 7.72. The Bertz CT molecular complexity index is 328. The summed E-state index contributed by atoms with van der Waals surface area (Å²) in [7, 11) is -8.07. The third-order valence-electron chi connectivity index (χ3n) is 3.07. The van der Waals surface area contributed by atoms with Gasteiger partial charge in [0.05, 0.1) is 0 Å². The summed E-state index contributed by atoms with van der Waals surface area (Å²) in [6.45, 7) is 0.260. The average molecular weight is 330 g/mol. The highest BCUT2D eigenvalue weighted by Crippen LogP contribution is 2.54. The van der Waals surface area contributed by atoms with E-state index in [1.54, 1.807) is 0 Å². The van der Waals surface area contributed by atoms with Crippen LogP contribution in [0.3, 0.4) is 0 Å². The molecular formula is C12H28O6P2. The lowest BCUT2D eigenvalue weighted by Crippen LogP contribution is -1.96. The number of aliphatic hydroxyl groups excluding tert-OH is 1. The summed E-state index contributed by atoms with van der Waals surface area (Å²) in [4.78, 5) is 26.8. The molecule has 0 aromatic heterocycles. The minimum absolute atomic E-state index is 0.00535. The molecule has 0 saturated carbocycles. The van der Waals surface area contributed by atoms with Gasteiger partial charge in [0.2, 0.25) is 7.37 Å². The van der Waals surface area contributed by atoms with E-state index in [0.29, 0.717) is 6.42 Å². The molecule has 0 saturated heterocycles. The number of aliphatic hydroxyl groups is 1. The maximum atomic E-state index is 11.5. The number of rotatable bonds is 13. The summed E-state index contributed by atoms with van der Waals surface area (Å²) >= 11 is 0. The van der Waals surface area contributed by atoms with Gasteiger partial charge in [0.25, 0.3) is 0 Å². The van der Waals surface area contributed by atoms with Gasteiger partial charge in [0, 0.05) is 12.8 Å². The van der Waals surface area contributed by atoms with E-state index in [2.05, 4.69) is 0 Å². The maximum absolute atomic E-state index is 11.5. The van der Waals surface area contributed by atoms with Gasteiger partial charge >= 0.3 is 7.60 Å². The van der Waals surface area contributed by atoms with Gasteiger partial charge < -0.3 is 19.8 Å². The molecule has 0 aliphatic rings. The molecule has 0 spiro atoms. The third-order valence-corrected chi connectivity index (χ3v) is 7.33. The molecule has 0 radical (unpaired) electrons. The zero-order chi connectivity index (χ0) is 15.5. The third kappa shape index (κ3) is 14.7. The molecule has 0 aliphatic heterocycles. The van der Waals surface area contributed by atoms with Crippen LogP contribution in [0.2, 0.25) is 0 Å². The smallest absolute Gasteiger partial charge is 0.335 e. The Morgan fingerprint density at radius 3 is 1.45 bits per heavy atom. The molecule has 0 fully saturated rings. The van der Waals surface area contributed by atoms with Crippen LogP contribution >= 0.6 is 15.0 Å². The van der Waals surface area contributed by atoms with Gasteiger partial charge in [0.1, 0.15) is 5.90 Å². The second-order valence-electron chi connectivity index (χ2n) is 5.28. The number of hydrogen-bond donors (Lipinski definition) is 4. The Morgan fingerprint density at radius 2 is 1.05 bits per heavy atom. The molecule has 0 rings (SSSR count). The molecule has 0 heterocycles. The lowest BCUT2D eigenvalue weighted by Gasteiger charge is -2.12. The van der Waals surface area contributed by atoms with Crippen LogP contribution in [0, 0.1) is 0 Å². The molecule has 1 unspecified atom stereocenters. The summed E-state index contributed by atoms with van der Waals surface area (Å²) in [5, 5.41) is 8.61. The van der Waals surface area contributed by atoms with Crippen LogP contribution in [-0.2, 0) is 9.13 Å². The van der Waals surface area contributed by atoms with Gasteiger partial charge in [-0.3, -0.25) is 9.13 Å². The van der Waals surface area contributed by atoms with E-state index >= 15 is 0 Å². The first kappa shape index (κ1) is 20.3. The van der Waals surface area contributed by atoms with Crippen molar-refractivity contribution in [2.75, 3.05) is 18.7 Å². The van der Waals surface area contributed by atoms with Gasteiger partial charge in [-0.15, -0.1) is 0 Å². The molecule has 0 aromatic rings. The molecule has 0 aliphatic carbocycles. The number of hydrogen-bond acceptors (Lipinski definition) is 3. The van der Waals surface area contributed by atoms with Gasteiger partial charge in [-0.1, -0.05) is 44.9 Å². The van der Waals surface area contributed by atoms with Crippen LogP contribution in [-0.4, -0.2) is 38.5 Å². The standard InChI is InChI=1S/C12H28O6P2/c13-10-8-6-4-2-1-3-5-7-9-11-19(14,15)12-20(16,17)18/h13H,1-12H2,(H,14,15)(H2,16,17,18). The molecule has 4 N–H and O–H groups in total. The Balaban J connectivity index is 3.44. The lowest BCUT2D eigenvalue weighted by atomic mass is 10.1. The molecular weight excluding hydrogens is 302 g/mol. The van der Waals surface area contributed by atoms with Crippen molar-refractivity contribution in [1.29, 1.82) is 0 Å². The van der Waals surface area contributed by atoms with Crippen molar-refractivity contribution < 1.29 is 28.9 Å². The summed E-state index contributed by atoms with van der Waals surface area (Å²) in [6, 6.07) is 0. The topological polar surface area (TPSA) is 115 Å². The van der Waals surface area contributed by atoms with E-state index in [-0.39, 0.29) is 12.8 Å². The van der Waals surface area contributed by atoms with E-state index in [1.165, 1.54) is 0 Å². The molecule has 0 amide bonds. The second kappa shape index (κ2) is 10.9. The van der Waals surface area contributed by atoms with Crippen LogP contribution < -0.4 is 0 Å². The van der Waals surface area contributed by atoms with Gasteiger partial charge in [-0.2, -0.15) is 0 Å². The number of unbranched alkanes of at least 4 members (excludes halogenated alkanes) is 8. The van der Waals surface area contributed by atoms with E-state index in [4.69, 9.17) is 14.9 Å². The van der Waals surface area contributed by atoms with E-state index in [0.717, 1.165) is 51.4 Å². The van der Waals surface area contributed by atoms with Crippen LogP contribution in [0.1, 0.15) is 57.8 Å². The normalized spacial score (nSPS) is 15.2. The molecule has 1 atom stereocenters. The van der Waals surface area contributed by atoms with Gasteiger partial charge in [0.15, 0.2) is 0 Å². The van der Waals surface area contributed by atoms with Crippen LogP contribution in [0.4, 0.5) is 0 Å². The van der Waals surface area contributed by atoms with Crippen LogP contribution in [0.25, 0.3) is 0 Å². The molecule has 122 valence electrons. The fourth-order valence-corrected chi connectivity index (χ4v) is 5.65. The first-order valence-corrected chi connectivity index (χ1v) is 11.1. The highest BCUT2D eigenvalue weighted by Gasteiger charge is 2.28. The van der Waals surface area contributed by atoms with E-state index < -0.39 is 20.9 Å². The quantitative estimate of drug-likeness (QED) is 0.305. The lowest BCUT2D eigenvalue weighted by molar-refractivity contribution is 0.282. The summed E-state index contributed by atoms with van der Waals surface area (Å²) < 4.78 is 22.2. The Labute approximate surface area is 121 Å². The second-order valence-corrected chi connectivity index (χ2v) is 9.88. The largest absolute Gasteiger partial charge is 0.396 e. The first-order valence-electron chi connectivity index (χ1n) is 7.23. The monoisotopic (exact) mass is 330 g/mol. The molecule has 8 heteroatoms. The van der Waals surface area contributed by atoms with Gasteiger partial charge in [-0.05, 0) is 12.8 Å². The van der Waals surface area contributed by atoms with Crippen molar-refractivity contribution in [2.45, 2.75) is 57.8 Å². The van der Waals surface area contributed by atoms with Crippen molar-refractivity contribution in [2.24, 2.45) is 0 Å². The van der Waals surface area contributed by atoms with Gasteiger partial charge in [-0.25, -0.2) is 0 Å². The maximum Gasteiger partial charge on any atom is 0.335 e. The minimum Gasteiger partial charge on any atom is -0.396 e. The SMILES string of the molecule is O=P(O)(O)CP(=O)(O)CCCCCCCCCCCO. The summed E-state index contributed by atoms with van der Waals surface area (Å²) in [6.07, 6.45) is 8.76. The predicted octanol–water partition coefficient (Wildman–Crippen LogP) is 2.90. The van der Waals surface area contributed by atoms with Crippen molar-refractivity contribution >= 4 is 15.0 Å². The van der Waals surface area contributed by atoms with E-state index in [1.807, 2.05) is 0 Å². The van der Waals surface area contributed by atoms with E-state index in [9.17, 15) is 14.0 Å². The molecule has 0 bridgehead atoms. The molecule has 0 aromatic carbocycles. The summed E-state index contributed by atoms with van der Waals surface area (Å²) in [5.74, 6) is -0.898. The van der Waals surface area contributed by atoms with Crippen molar-refractivity contribution in [3.05, 3.63) is 0 Å². The zero-order valence-electron chi connectivity index (χ0n) is 12.0. The fraction of sp³-hybridized carbons (Fsp3) is 1.00. The van der Waals surface area contributed by atoms with Crippen molar-refractivity contribution in [3.63, 3.8) is 0 Å².